The van der Waals surface area contributed by atoms with Crippen LogP contribution in [-0.2, 0) is 6.54 Å². The van der Waals surface area contributed by atoms with E-state index in [2.05, 4.69) is 25.2 Å². The van der Waals surface area contributed by atoms with Crippen LogP contribution in [0.25, 0.3) is 16.9 Å². The second-order valence-corrected chi connectivity index (χ2v) is 7.29. The summed E-state index contributed by atoms with van der Waals surface area (Å²) in [5.74, 6) is -0.756. The first-order chi connectivity index (χ1) is 15.8. The normalized spacial score (nSPS) is 11.2. The second kappa shape index (κ2) is 9.20. The van der Waals surface area contributed by atoms with Crippen LogP contribution in [0.3, 0.4) is 0 Å². The van der Waals surface area contributed by atoms with Gasteiger partial charge in [0.2, 0.25) is 0 Å². The summed E-state index contributed by atoms with van der Waals surface area (Å²) in [6.45, 7) is -2.85. The van der Waals surface area contributed by atoms with Crippen molar-refractivity contribution in [2.75, 3.05) is 5.32 Å². The molecule has 0 radical (unpaired) electrons. The molecule has 0 unspecified atom stereocenters. The van der Waals surface area contributed by atoms with E-state index in [-0.39, 0.29) is 52.1 Å². The second-order valence-electron chi connectivity index (χ2n) is 6.85. The van der Waals surface area contributed by atoms with Crippen molar-refractivity contribution in [1.82, 2.24) is 24.4 Å². The first-order valence-corrected chi connectivity index (χ1v) is 9.94. The van der Waals surface area contributed by atoms with E-state index in [1.807, 2.05) is 0 Å². The van der Waals surface area contributed by atoms with E-state index in [1.165, 1.54) is 46.0 Å². The number of benzene rings is 1. The fourth-order valence-corrected chi connectivity index (χ4v) is 3.30. The molecule has 0 saturated heterocycles. The molecule has 4 aromatic rings. The highest BCUT2D eigenvalue weighted by molar-refractivity contribution is 6.31. The Morgan fingerprint density at radius 1 is 1.36 bits per heavy atom. The predicted octanol–water partition coefficient (Wildman–Crippen LogP) is 3.43. The van der Waals surface area contributed by atoms with Gasteiger partial charge in [-0.25, -0.2) is 9.50 Å². The Labute approximate surface area is 190 Å². The first kappa shape index (κ1) is 22.1. The van der Waals surface area contributed by atoms with Gasteiger partial charge in [-0.1, -0.05) is 11.6 Å². The van der Waals surface area contributed by atoms with Crippen molar-refractivity contribution in [3.63, 3.8) is 0 Å². The Morgan fingerprint density at radius 3 is 2.94 bits per heavy atom. The zero-order valence-corrected chi connectivity index (χ0v) is 17.6. The van der Waals surface area contributed by atoms with Gasteiger partial charge in [0.25, 0.3) is 5.91 Å². The van der Waals surface area contributed by atoms with Crippen molar-refractivity contribution in [2.45, 2.75) is 19.6 Å². The summed E-state index contributed by atoms with van der Waals surface area (Å²) in [6, 6.07) is 5.77. The van der Waals surface area contributed by atoms with Crippen LogP contribution in [0.4, 0.5) is 14.5 Å². The zero-order valence-electron chi connectivity index (χ0n) is 16.9. The quantitative estimate of drug-likeness (QED) is 0.264. The Balaban J connectivity index is 1.75. The van der Waals surface area contributed by atoms with Gasteiger partial charge in [0, 0.05) is 42.1 Å². The van der Waals surface area contributed by atoms with Crippen LogP contribution in [0, 0.1) is 5.41 Å². The molecule has 0 spiro atoms. The standard InChI is InChI=1S/C20H17ClF2N8O2/c21-11-2-3-15(33-20(22)23)12(8-11)17-14(10-30(29-17)7-4-16(24)25)28-19(32)13-9-27-31-6-1-5-26-18(13)31/h1-3,5-6,8-10,20H,4,7H2,(H3,24,25)(H,28,32). The summed E-state index contributed by atoms with van der Waals surface area (Å²) in [5, 5.41) is 18.9. The number of amides is 1. The number of alkyl halides is 2. The molecule has 0 aliphatic heterocycles. The number of nitrogens with zero attached hydrogens (tertiary/aromatic N) is 5. The highest BCUT2D eigenvalue weighted by Crippen LogP contribution is 2.37. The monoisotopic (exact) mass is 474 g/mol. The number of nitrogens with two attached hydrogens (primary N) is 1. The van der Waals surface area contributed by atoms with Crippen LogP contribution in [0.2, 0.25) is 5.02 Å². The molecule has 3 aromatic heterocycles. The Bertz CT molecular complexity index is 1340. The molecule has 1 aromatic carbocycles. The molecular weight excluding hydrogens is 458 g/mol. The fourth-order valence-electron chi connectivity index (χ4n) is 3.12. The number of aromatic nitrogens is 5. The maximum atomic E-state index is 13.0. The van der Waals surface area contributed by atoms with Gasteiger partial charge < -0.3 is 15.8 Å². The van der Waals surface area contributed by atoms with Crippen LogP contribution >= 0.6 is 11.6 Å². The lowest BCUT2D eigenvalue weighted by atomic mass is 10.1. The molecule has 0 aliphatic carbocycles. The van der Waals surface area contributed by atoms with E-state index in [4.69, 9.17) is 22.7 Å². The molecule has 4 N–H and O–H groups in total. The maximum Gasteiger partial charge on any atom is 0.387 e. The lowest BCUT2D eigenvalue weighted by Crippen LogP contribution is -2.13. The highest BCUT2D eigenvalue weighted by Gasteiger charge is 2.22. The van der Waals surface area contributed by atoms with Gasteiger partial charge in [0.15, 0.2) is 5.65 Å². The Morgan fingerprint density at radius 2 is 2.18 bits per heavy atom. The largest absolute Gasteiger partial charge is 0.434 e. The minimum atomic E-state index is -3.08. The molecule has 1 amide bonds. The Hall–Kier alpha value is -4.06. The number of ether oxygens (including phenoxy) is 1. The summed E-state index contributed by atoms with van der Waals surface area (Å²) < 4.78 is 33.4. The summed E-state index contributed by atoms with van der Waals surface area (Å²) in [5.41, 5.74) is 6.48. The number of anilines is 1. The van der Waals surface area contributed by atoms with Crippen LogP contribution in [-0.4, -0.2) is 42.7 Å². The molecule has 4 rings (SSSR count). The number of hydrogen-bond acceptors (Lipinski definition) is 6. The van der Waals surface area contributed by atoms with Crippen molar-refractivity contribution in [3.8, 4) is 17.0 Å². The van der Waals surface area contributed by atoms with Gasteiger partial charge in [-0.3, -0.25) is 14.9 Å². The number of fused-ring (bicyclic) bond motifs is 1. The van der Waals surface area contributed by atoms with Gasteiger partial charge >= 0.3 is 6.61 Å². The van der Waals surface area contributed by atoms with Crippen LogP contribution < -0.4 is 15.8 Å². The van der Waals surface area contributed by atoms with E-state index in [0.29, 0.717) is 5.65 Å². The van der Waals surface area contributed by atoms with E-state index in [1.54, 1.807) is 12.3 Å². The van der Waals surface area contributed by atoms with E-state index in [0.717, 1.165) is 0 Å². The molecule has 13 heteroatoms. The number of hydrogen-bond donors (Lipinski definition) is 3. The van der Waals surface area contributed by atoms with Gasteiger partial charge in [-0.15, -0.1) is 0 Å². The van der Waals surface area contributed by atoms with Gasteiger partial charge in [0.1, 0.15) is 17.0 Å². The van der Waals surface area contributed by atoms with E-state index < -0.39 is 12.5 Å². The molecule has 0 atom stereocenters. The lowest BCUT2D eigenvalue weighted by Gasteiger charge is -2.11. The molecule has 10 nitrogen and oxygen atoms in total. The topological polar surface area (TPSA) is 136 Å². The summed E-state index contributed by atoms with van der Waals surface area (Å²) >= 11 is 6.09. The highest BCUT2D eigenvalue weighted by atomic mass is 35.5. The molecule has 0 aliphatic rings. The number of nitrogens with one attached hydrogen (secondary N) is 2. The van der Waals surface area contributed by atoms with E-state index >= 15 is 0 Å². The Kier molecular flexibility index (Phi) is 6.18. The third kappa shape index (κ3) is 4.90. The molecule has 3 heterocycles. The minimum Gasteiger partial charge on any atom is -0.434 e. The molecular formula is C20H17ClF2N8O2. The number of amidine groups is 1. The molecule has 0 saturated carbocycles. The summed E-state index contributed by atoms with van der Waals surface area (Å²) in [7, 11) is 0. The maximum absolute atomic E-state index is 13.0. The first-order valence-electron chi connectivity index (χ1n) is 9.56. The van der Waals surface area contributed by atoms with Crippen molar-refractivity contribution < 1.29 is 18.3 Å². The molecule has 0 fully saturated rings. The molecule has 0 bridgehead atoms. The van der Waals surface area contributed by atoms with Crippen LogP contribution in [0.15, 0.2) is 49.1 Å². The van der Waals surface area contributed by atoms with Gasteiger partial charge in [0.05, 0.1) is 17.7 Å². The predicted molar refractivity (Wildman–Crippen MR) is 117 cm³/mol. The smallest absolute Gasteiger partial charge is 0.387 e. The number of aryl methyl sites for hydroxylation is 1. The lowest BCUT2D eigenvalue weighted by molar-refractivity contribution is -0.0494. The molecule has 33 heavy (non-hydrogen) atoms. The average molecular weight is 475 g/mol. The third-order valence-electron chi connectivity index (χ3n) is 4.56. The zero-order chi connectivity index (χ0) is 23.5. The van der Waals surface area contributed by atoms with E-state index in [9.17, 15) is 13.6 Å². The number of carbonyl (C=O) groups is 1. The molecule has 170 valence electrons. The van der Waals surface area contributed by atoms with Crippen LogP contribution in [0.1, 0.15) is 16.8 Å². The van der Waals surface area contributed by atoms with Crippen LogP contribution in [0.5, 0.6) is 5.75 Å². The average Bonchev–Trinajstić information content (AvgIpc) is 3.37. The van der Waals surface area contributed by atoms with Gasteiger partial charge in [-0.05, 0) is 24.3 Å². The van der Waals surface area contributed by atoms with Crippen molar-refractivity contribution in [2.24, 2.45) is 5.73 Å². The third-order valence-corrected chi connectivity index (χ3v) is 4.79. The van der Waals surface area contributed by atoms with Crippen molar-refractivity contribution in [1.29, 1.82) is 5.41 Å². The summed E-state index contributed by atoms with van der Waals surface area (Å²) in [6.07, 6.45) is 6.23. The fraction of sp³-hybridized carbons (Fsp3) is 0.150. The number of halogens is 3. The SMILES string of the molecule is N=C(N)CCn1cc(NC(=O)c2cnn3cccnc23)c(-c2cc(Cl)ccc2OC(F)F)n1. The van der Waals surface area contributed by atoms with Gasteiger partial charge in [-0.2, -0.15) is 19.0 Å². The summed E-state index contributed by atoms with van der Waals surface area (Å²) in [4.78, 5) is 17.2. The number of rotatable bonds is 8. The van der Waals surface area contributed by atoms with Crippen molar-refractivity contribution >= 4 is 34.7 Å². The number of carbonyl (C=O) groups excluding carboxylic acids is 1. The minimum absolute atomic E-state index is 0.0560. The van der Waals surface area contributed by atoms with Crippen molar-refractivity contribution in [3.05, 3.63) is 59.6 Å².